The van der Waals surface area contributed by atoms with Crippen molar-refractivity contribution in [3.63, 3.8) is 0 Å². The first-order valence-corrected chi connectivity index (χ1v) is 5.50. The first-order chi connectivity index (χ1) is 8.16. The molecule has 1 N–H and O–H groups in total. The first-order valence-electron chi connectivity index (χ1n) is 5.50. The Kier molecular flexibility index (Phi) is 3.65. The third-order valence-corrected chi connectivity index (χ3v) is 2.72. The van der Waals surface area contributed by atoms with Crippen LogP contribution in [0.4, 0.5) is 0 Å². The molecule has 1 atom stereocenters. The second-order valence-corrected chi connectivity index (χ2v) is 3.99. The highest BCUT2D eigenvalue weighted by Gasteiger charge is 2.29. The van der Waals surface area contributed by atoms with Crippen LogP contribution in [0.15, 0.2) is 12.3 Å². The molecule has 0 radical (unpaired) electrons. The molecule has 2 rings (SSSR count). The van der Waals surface area contributed by atoms with E-state index in [4.69, 9.17) is 9.84 Å². The average molecular weight is 237 g/mol. The van der Waals surface area contributed by atoms with Crippen molar-refractivity contribution >= 4 is 5.97 Å². The zero-order chi connectivity index (χ0) is 12.3. The molecule has 1 aliphatic heterocycles. The molecule has 1 saturated heterocycles. The highest BCUT2D eigenvalue weighted by Crippen LogP contribution is 2.11. The number of aromatic nitrogens is 2. The summed E-state index contributed by atoms with van der Waals surface area (Å²) in [5, 5.41) is 9.09. The molecule has 0 bridgehead atoms. The number of ether oxygens (including phenoxy) is 1. The van der Waals surface area contributed by atoms with Crippen LogP contribution in [0.1, 0.15) is 11.5 Å². The largest absolute Gasteiger partial charge is 0.480 e. The van der Waals surface area contributed by atoms with Crippen LogP contribution in [0, 0.1) is 6.92 Å². The summed E-state index contributed by atoms with van der Waals surface area (Å²) < 4.78 is 5.18. The number of aliphatic carboxylic acids is 1. The van der Waals surface area contributed by atoms with Crippen molar-refractivity contribution < 1.29 is 14.6 Å². The molecule has 0 aliphatic carbocycles. The molecule has 0 spiro atoms. The zero-order valence-corrected chi connectivity index (χ0v) is 9.67. The van der Waals surface area contributed by atoms with Gasteiger partial charge in [-0.15, -0.1) is 0 Å². The number of nitrogens with zero attached hydrogens (tertiary/aromatic N) is 3. The Morgan fingerprint density at radius 1 is 1.71 bits per heavy atom. The number of carbonyl (C=O) groups is 1. The summed E-state index contributed by atoms with van der Waals surface area (Å²) in [5.41, 5.74) is 0.839. The predicted octanol–water partition coefficient (Wildman–Crippen LogP) is 0.0704. The number of morpholine rings is 1. The molecule has 1 unspecified atom stereocenters. The van der Waals surface area contributed by atoms with E-state index in [1.54, 1.807) is 12.3 Å². The van der Waals surface area contributed by atoms with Gasteiger partial charge in [0.15, 0.2) is 0 Å². The minimum Gasteiger partial charge on any atom is -0.480 e. The second kappa shape index (κ2) is 5.20. The van der Waals surface area contributed by atoms with Crippen molar-refractivity contribution in [1.29, 1.82) is 0 Å². The highest BCUT2D eigenvalue weighted by atomic mass is 16.5. The van der Waals surface area contributed by atoms with Gasteiger partial charge in [-0.3, -0.25) is 9.69 Å². The summed E-state index contributed by atoms with van der Waals surface area (Å²) in [5.74, 6) is -0.155. The van der Waals surface area contributed by atoms with Gasteiger partial charge in [-0.1, -0.05) is 0 Å². The van der Waals surface area contributed by atoms with E-state index >= 15 is 0 Å². The van der Waals surface area contributed by atoms with E-state index in [2.05, 4.69) is 9.97 Å². The number of rotatable bonds is 3. The molecule has 0 saturated carbocycles. The van der Waals surface area contributed by atoms with Crippen LogP contribution in [0.3, 0.4) is 0 Å². The van der Waals surface area contributed by atoms with Gasteiger partial charge in [0.05, 0.1) is 18.9 Å². The fourth-order valence-corrected chi connectivity index (χ4v) is 1.86. The van der Waals surface area contributed by atoms with Crippen LogP contribution in [-0.4, -0.2) is 51.7 Å². The van der Waals surface area contributed by atoms with E-state index in [0.29, 0.717) is 25.5 Å². The third-order valence-electron chi connectivity index (χ3n) is 2.72. The molecule has 0 aromatic carbocycles. The van der Waals surface area contributed by atoms with Gasteiger partial charge in [0.25, 0.3) is 0 Å². The van der Waals surface area contributed by atoms with E-state index < -0.39 is 12.0 Å². The van der Waals surface area contributed by atoms with Gasteiger partial charge in [0.1, 0.15) is 11.9 Å². The van der Waals surface area contributed by atoms with Crippen LogP contribution in [-0.2, 0) is 16.1 Å². The molecular weight excluding hydrogens is 222 g/mol. The Labute approximate surface area is 99.2 Å². The topological polar surface area (TPSA) is 75.6 Å². The summed E-state index contributed by atoms with van der Waals surface area (Å²) in [4.78, 5) is 21.2. The van der Waals surface area contributed by atoms with Crippen molar-refractivity contribution in [3.05, 3.63) is 23.8 Å². The van der Waals surface area contributed by atoms with Crippen LogP contribution < -0.4 is 0 Å². The SMILES string of the molecule is Cc1nccc(CN2CCOCC2C(=O)O)n1. The number of carboxylic acids is 1. The van der Waals surface area contributed by atoms with Crippen molar-refractivity contribution in [2.24, 2.45) is 0 Å². The van der Waals surface area contributed by atoms with Gasteiger partial charge < -0.3 is 9.84 Å². The first kappa shape index (κ1) is 11.9. The zero-order valence-electron chi connectivity index (χ0n) is 9.67. The van der Waals surface area contributed by atoms with Gasteiger partial charge in [-0.2, -0.15) is 0 Å². The maximum absolute atomic E-state index is 11.1. The van der Waals surface area contributed by atoms with Crippen LogP contribution in [0.2, 0.25) is 0 Å². The number of hydrogen-bond acceptors (Lipinski definition) is 5. The van der Waals surface area contributed by atoms with Gasteiger partial charge >= 0.3 is 5.97 Å². The lowest BCUT2D eigenvalue weighted by Gasteiger charge is -2.32. The average Bonchev–Trinajstić information content (AvgIpc) is 2.29. The molecule has 0 amide bonds. The molecule has 1 aliphatic rings. The molecule has 17 heavy (non-hydrogen) atoms. The van der Waals surface area contributed by atoms with E-state index in [1.807, 2.05) is 11.8 Å². The van der Waals surface area contributed by atoms with E-state index in [-0.39, 0.29) is 6.61 Å². The maximum atomic E-state index is 11.1. The quantitative estimate of drug-likeness (QED) is 0.801. The van der Waals surface area contributed by atoms with Crippen molar-refractivity contribution in [3.8, 4) is 0 Å². The summed E-state index contributed by atoms with van der Waals surface area (Å²) >= 11 is 0. The lowest BCUT2D eigenvalue weighted by molar-refractivity contribution is -0.150. The minimum absolute atomic E-state index is 0.236. The van der Waals surface area contributed by atoms with Crippen molar-refractivity contribution in [1.82, 2.24) is 14.9 Å². The summed E-state index contributed by atoms with van der Waals surface area (Å²) in [6.45, 7) is 3.74. The Balaban J connectivity index is 2.08. The van der Waals surface area contributed by atoms with Crippen LogP contribution in [0.25, 0.3) is 0 Å². The van der Waals surface area contributed by atoms with Gasteiger partial charge in [0.2, 0.25) is 0 Å². The minimum atomic E-state index is -0.851. The van der Waals surface area contributed by atoms with Crippen LogP contribution >= 0.6 is 0 Å². The fourth-order valence-electron chi connectivity index (χ4n) is 1.86. The predicted molar refractivity (Wildman–Crippen MR) is 59.4 cm³/mol. The Morgan fingerprint density at radius 3 is 3.24 bits per heavy atom. The standard InChI is InChI=1S/C11H15N3O3/c1-8-12-3-2-9(13-8)6-14-4-5-17-7-10(14)11(15)16/h2-3,10H,4-7H2,1H3,(H,15,16). The smallest absolute Gasteiger partial charge is 0.323 e. The lowest BCUT2D eigenvalue weighted by atomic mass is 10.2. The molecule has 92 valence electrons. The number of aryl methyl sites for hydroxylation is 1. The van der Waals surface area contributed by atoms with Gasteiger partial charge in [-0.05, 0) is 13.0 Å². The van der Waals surface area contributed by atoms with E-state index in [0.717, 1.165) is 5.69 Å². The normalized spacial score (nSPS) is 21.4. The molecule has 2 heterocycles. The third kappa shape index (κ3) is 2.98. The fraction of sp³-hybridized carbons (Fsp3) is 0.545. The molecule has 6 nitrogen and oxygen atoms in total. The highest BCUT2D eigenvalue weighted by molar-refractivity contribution is 5.73. The van der Waals surface area contributed by atoms with Gasteiger partial charge in [0, 0.05) is 19.3 Å². The van der Waals surface area contributed by atoms with Crippen molar-refractivity contribution in [2.45, 2.75) is 19.5 Å². The molecule has 1 aromatic rings. The number of carboxylic acid groups (broad SMARTS) is 1. The van der Waals surface area contributed by atoms with Gasteiger partial charge in [-0.25, -0.2) is 9.97 Å². The Morgan fingerprint density at radius 2 is 2.53 bits per heavy atom. The molecule has 1 aromatic heterocycles. The molecular formula is C11H15N3O3. The summed E-state index contributed by atoms with van der Waals surface area (Å²) in [6, 6.07) is 1.22. The second-order valence-electron chi connectivity index (χ2n) is 3.99. The maximum Gasteiger partial charge on any atom is 0.323 e. The lowest BCUT2D eigenvalue weighted by Crippen LogP contribution is -2.49. The molecule has 6 heteroatoms. The van der Waals surface area contributed by atoms with Crippen molar-refractivity contribution in [2.75, 3.05) is 19.8 Å². The number of hydrogen-bond donors (Lipinski definition) is 1. The van der Waals surface area contributed by atoms with Crippen LogP contribution in [0.5, 0.6) is 0 Å². The Hall–Kier alpha value is -1.53. The summed E-state index contributed by atoms with van der Waals surface area (Å²) in [6.07, 6.45) is 1.69. The Bertz CT molecular complexity index is 411. The monoisotopic (exact) mass is 237 g/mol. The molecule has 1 fully saturated rings. The summed E-state index contributed by atoms with van der Waals surface area (Å²) in [7, 11) is 0. The van der Waals surface area contributed by atoms with E-state index in [9.17, 15) is 4.79 Å². The van der Waals surface area contributed by atoms with E-state index in [1.165, 1.54) is 0 Å².